The van der Waals surface area contributed by atoms with E-state index in [9.17, 15) is 24.0 Å². The Morgan fingerprint density at radius 2 is 1.94 bits per heavy atom. The van der Waals surface area contributed by atoms with Crippen LogP contribution >= 0.6 is 23.1 Å². The molecule has 3 fully saturated rings. The van der Waals surface area contributed by atoms with Gasteiger partial charge in [0, 0.05) is 18.0 Å². The number of rotatable bonds is 6. The van der Waals surface area contributed by atoms with Crippen molar-refractivity contribution in [2.45, 2.75) is 37.6 Å². The second kappa shape index (κ2) is 8.83. The second-order valence-electron chi connectivity index (χ2n) is 7.66. The zero-order chi connectivity index (χ0) is 22.0. The van der Waals surface area contributed by atoms with Gasteiger partial charge in [-0.15, -0.1) is 11.3 Å². The van der Waals surface area contributed by atoms with E-state index in [1.54, 1.807) is 6.08 Å². The Bertz CT molecular complexity index is 953. The highest BCUT2D eigenvalue weighted by Gasteiger charge is 2.51. The number of carbonyl (C=O) groups is 5. The molecule has 0 radical (unpaired) electrons. The largest absolute Gasteiger partial charge is 0.353 e. The number of hydrogen-bond acceptors (Lipinski definition) is 7. The first-order valence-corrected chi connectivity index (χ1v) is 11.8. The molecule has 0 aromatic carbocycles. The smallest absolute Gasteiger partial charge is 0.325 e. The summed E-state index contributed by atoms with van der Waals surface area (Å²) >= 11 is 2.33. The topological polar surface area (TPSA) is 116 Å². The molecule has 1 saturated carbocycles. The third-order valence-corrected chi connectivity index (χ3v) is 7.33. The van der Waals surface area contributed by atoms with Crippen LogP contribution in [-0.2, 0) is 14.4 Å². The van der Waals surface area contributed by atoms with Gasteiger partial charge in [0.15, 0.2) is 0 Å². The normalized spacial score (nSPS) is 22.0. The summed E-state index contributed by atoms with van der Waals surface area (Å²) in [7, 11) is 0. The molecule has 11 heteroatoms. The number of thioether (sulfide) groups is 1. The third-order valence-electron chi connectivity index (χ3n) is 5.60. The molecule has 0 unspecified atom stereocenters. The lowest BCUT2D eigenvalue weighted by atomic mass is 9.82. The van der Waals surface area contributed by atoms with E-state index in [1.807, 2.05) is 17.5 Å². The Balaban J connectivity index is 1.28. The minimum atomic E-state index is -0.869. The zero-order valence-corrected chi connectivity index (χ0v) is 18.4. The highest BCUT2D eigenvalue weighted by atomic mass is 32.2. The molecule has 4 rings (SSSR count). The molecule has 0 atom stereocenters. The van der Waals surface area contributed by atoms with Crippen molar-refractivity contribution in [3.63, 3.8) is 0 Å². The Morgan fingerprint density at radius 3 is 2.65 bits per heavy atom. The van der Waals surface area contributed by atoms with Crippen LogP contribution in [0.1, 0.15) is 37.0 Å². The van der Waals surface area contributed by atoms with Crippen molar-refractivity contribution >= 4 is 58.2 Å². The highest BCUT2D eigenvalue weighted by Crippen LogP contribution is 2.34. The van der Waals surface area contributed by atoms with Gasteiger partial charge < -0.3 is 10.6 Å². The number of urea groups is 1. The van der Waals surface area contributed by atoms with Crippen LogP contribution in [0.25, 0.3) is 6.08 Å². The predicted molar refractivity (Wildman–Crippen MR) is 116 cm³/mol. The number of nitrogens with one attached hydrogen (secondary N) is 2. The molecular weight excluding hydrogens is 440 g/mol. The van der Waals surface area contributed by atoms with Crippen molar-refractivity contribution in [2.75, 3.05) is 19.6 Å². The van der Waals surface area contributed by atoms with E-state index < -0.39 is 28.6 Å². The van der Waals surface area contributed by atoms with Crippen molar-refractivity contribution in [1.29, 1.82) is 0 Å². The molecule has 2 N–H and O–H groups in total. The zero-order valence-electron chi connectivity index (χ0n) is 16.7. The average molecular weight is 463 g/mol. The van der Waals surface area contributed by atoms with Crippen LogP contribution in [0, 0.1) is 0 Å². The fourth-order valence-electron chi connectivity index (χ4n) is 4.02. The van der Waals surface area contributed by atoms with E-state index in [0.717, 1.165) is 45.7 Å². The predicted octanol–water partition coefficient (Wildman–Crippen LogP) is 2.16. The maximum absolute atomic E-state index is 12.7. The second-order valence-corrected chi connectivity index (χ2v) is 9.64. The molecule has 164 valence electrons. The first-order chi connectivity index (χ1) is 14.9. The molecule has 3 heterocycles. The fourth-order valence-corrected chi connectivity index (χ4v) is 5.60. The summed E-state index contributed by atoms with van der Waals surface area (Å²) in [6, 6.07) is 3.16. The average Bonchev–Trinajstić information content (AvgIpc) is 3.40. The monoisotopic (exact) mass is 462 g/mol. The highest BCUT2D eigenvalue weighted by molar-refractivity contribution is 8.18. The van der Waals surface area contributed by atoms with Crippen LogP contribution in [0.3, 0.4) is 0 Å². The van der Waals surface area contributed by atoms with Gasteiger partial charge >= 0.3 is 6.03 Å². The van der Waals surface area contributed by atoms with Gasteiger partial charge in [-0.2, -0.15) is 0 Å². The van der Waals surface area contributed by atoms with E-state index in [-0.39, 0.29) is 25.5 Å². The molecule has 9 nitrogen and oxygen atoms in total. The summed E-state index contributed by atoms with van der Waals surface area (Å²) in [5.41, 5.74) is -0.869. The van der Waals surface area contributed by atoms with Crippen LogP contribution in [0.4, 0.5) is 9.59 Å². The summed E-state index contributed by atoms with van der Waals surface area (Å²) in [5.74, 6) is -1.26. The molecule has 1 aromatic rings. The number of nitrogens with zero attached hydrogens (tertiary/aromatic N) is 2. The van der Waals surface area contributed by atoms with Crippen molar-refractivity contribution in [3.05, 3.63) is 27.3 Å². The number of carbonyl (C=O) groups excluding carboxylic acids is 5. The lowest BCUT2D eigenvalue weighted by molar-refractivity contribution is -0.135. The molecule has 1 aliphatic carbocycles. The van der Waals surface area contributed by atoms with Gasteiger partial charge in [0.2, 0.25) is 5.91 Å². The van der Waals surface area contributed by atoms with Crippen LogP contribution in [-0.4, -0.2) is 64.0 Å². The Hall–Kier alpha value is -2.66. The number of hydrogen-bond donors (Lipinski definition) is 2. The fraction of sp³-hybridized carbons (Fsp3) is 0.450. The maximum Gasteiger partial charge on any atom is 0.325 e. The molecule has 6 amide bonds. The van der Waals surface area contributed by atoms with Gasteiger partial charge in [-0.25, -0.2) is 4.79 Å². The van der Waals surface area contributed by atoms with Crippen LogP contribution in [0.15, 0.2) is 22.4 Å². The molecule has 2 aliphatic heterocycles. The molecule has 0 bridgehead atoms. The molecular formula is C20H22N4O5S2. The van der Waals surface area contributed by atoms with Crippen molar-refractivity contribution in [2.24, 2.45) is 0 Å². The lowest BCUT2D eigenvalue weighted by Gasteiger charge is -2.30. The Morgan fingerprint density at radius 1 is 1.16 bits per heavy atom. The van der Waals surface area contributed by atoms with E-state index in [0.29, 0.717) is 17.7 Å². The van der Waals surface area contributed by atoms with E-state index in [2.05, 4.69) is 10.6 Å². The van der Waals surface area contributed by atoms with Crippen LogP contribution in [0.5, 0.6) is 0 Å². The van der Waals surface area contributed by atoms with E-state index >= 15 is 0 Å². The minimum absolute atomic E-state index is 0.0161. The Labute approximate surface area is 187 Å². The van der Waals surface area contributed by atoms with Crippen molar-refractivity contribution in [1.82, 2.24) is 20.4 Å². The Kier molecular flexibility index (Phi) is 6.15. The SMILES string of the molecule is O=C(CN1C(=O)NC2(CCCCC2)C1=O)NCCN1C(=O)SC(=Cc2cccs2)C1=O. The number of thiophene rings is 1. The van der Waals surface area contributed by atoms with Crippen molar-refractivity contribution in [3.8, 4) is 0 Å². The van der Waals surface area contributed by atoms with Crippen LogP contribution < -0.4 is 10.6 Å². The standard InChI is InChI=1S/C20H22N4O5S2/c25-15(12-24-17(27)20(22-18(24)28)6-2-1-3-7-20)21-8-9-23-16(26)14(31-19(23)29)11-13-5-4-10-30-13/h4-5,10-11H,1-3,6-9,12H2,(H,21,25)(H,22,28). The van der Waals surface area contributed by atoms with Gasteiger partial charge in [-0.3, -0.25) is 29.0 Å². The summed E-state index contributed by atoms with van der Waals surface area (Å²) in [6.07, 6.45) is 5.62. The number of imide groups is 2. The van der Waals surface area contributed by atoms with E-state index in [1.165, 1.54) is 11.3 Å². The summed E-state index contributed by atoms with van der Waals surface area (Å²) in [4.78, 5) is 65.1. The van der Waals surface area contributed by atoms with Crippen molar-refractivity contribution < 1.29 is 24.0 Å². The first kappa shape index (κ1) is 21.6. The summed E-state index contributed by atoms with van der Waals surface area (Å²) in [5, 5.41) is 6.84. The summed E-state index contributed by atoms with van der Waals surface area (Å²) in [6.45, 7) is -0.327. The van der Waals surface area contributed by atoms with Gasteiger partial charge in [-0.05, 0) is 42.1 Å². The maximum atomic E-state index is 12.7. The molecule has 2 saturated heterocycles. The third kappa shape index (κ3) is 4.38. The van der Waals surface area contributed by atoms with Crippen LogP contribution in [0.2, 0.25) is 0 Å². The molecule has 1 spiro atoms. The molecule has 3 aliphatic rings. The van der Waals surface area contributed by atoms with Gasteiger partial charge in [0.25, 0.3) is 17.1 Å². The minimum Gasteiger partial charge on any atom is -0.353 e. The quantitative estimate of drug-likeness (QED) is 0.494. The van der Waals surface area contributed by atoms with E-state index in [4.69, 9.17) is 0 Å². The summed E-state index contributed by atoms with van der Waals surface area (Å²) < 4.78 is 0. The van der Waals surface area contributed by atoms with Gasteiger partial charge in [0.05, 0.1) is 4.91 Å². The van der Waals surface area contributed by atoms with Gasteiger partial charge in [0.1, 0.15) is 12.1 Å². The lowest BCUT2D eigenvalue weighted by Crippen LogP contribution is -2.49. The first-order valence-electron chi connectivity index (χ1n) is 10.1. The number of amides is 6. The molecule has 31 heavy (non-hydrogen) atoms. The van der Waals surface area contributed by atoms with Gasteiger partial charge in [-0.1, -0.05) is 25.3 Å². The molecule has 1 aromatic heterocycles.